The number of rotatable bonds is 5. The fraction of sp³-hybridized carbons (Fsp3) is 0.200. The lowest BCUT2D eigenvalue weighted by Gasteiger charge is -2.22. The number of hydrogen-bond acceptors (Lipinski definition) is 5. The molecule has 2 aromatic carbocycles. The van der Waals surface area contributed by atoms with Gasteiger partial charge in [-0.2, -0.15) is 5.26 Å². The molecule has 27 heavy (non-hydrogen) atoms. The molecule has 0 atom stereocenters. The molecular weight excluding hydrogens is 344 g/mol. The van der Waals surface area contributed by atoms with E-state index in [0.717, 1.165) is 11.3 Å². The van der Waals surface area contributed by atoms with Crippen LogP contribution in [0.25, 0.3) is 0 Å². The Kier molecular flexibility index (Phi) is 5.93. The van der Waals surface area contributed by atoms with Crippen molar-refractivity contribution in [3.63, 3.8) is 0 Å². The van der Waals surface area contributed by atoms with Crippen molar-refractivity contribution in [2.75, 3.05) is 10.6 Å². The number of amides is 1. The normalized spacial score (nSPS) is 11.4. The Morgan fingerprint density at radius 2 is 1.89 bits per heavy atom. The molecule has 0 saturated carbocycles. The summed E-state index contributed by atoms with van der Waals surface area (Å²) in [6.07, 6.45) is 1.33. The minimum absolute atomic E-state index is 0.116. The minimum Gasteiger partial charge on any atom is -0.360 e. The molecule has 0 saturated heterocycles. The number of nitrogens with zero attached hydrogens (tertiary/aromatic N) is 2. The van der Waals surface area contributed by atoms with E-state index >= 15 is 0 Å². The minimum atomic E-state index is -0.654. The van der Waals surface area contributed by atoms with E-state index in [1.807, 2.05) is 30.3 Å². The van der Waals surface area contributed by atoms with Crippen LogP contribution < -0.4 is 10.6 Å². The Morgan fingerprint density at radius 3 is 2.52 bits per heavy atom. The third kappa shape index (κ3) is 5.16. The van der Waals surface area contributed by atoms with E-state index in [1.54, 1.807) is 0 Å². The number of non-ortho nitro benzene ring substituents is 1. The van der Waals surface area contributed by atoms with Crippen LogP contribution in [0, 0.1) is 21.4 Å². The van der Waals surface area contributed by atoms with Crippen LogP contribution in [0.15, 0.2) is 60.3 Å². The summed E-state index contributed by atoms with van der Waals surface area (Å²) in [4.78, 5) is 22.6. The molecular formula is C20H20N4O3. The number of hydrogen-bond donors (Lipinski definition) is 2. The predicted molar refractivity (Wildman–Crippen MR) is 104 cm³/mol. The Hall–Kier alpha value is -3.66. The first-order chi connectivity index (χ1) is 12.7. The maximum absolute atomic E-state index is 12.3. The number of benzene rings is 2. The molecule has 0 bridgehead atoms. The molecule has 0 fully saturated rings. The molecule has 0 aromatic heterocycles. The molecule has 2 rings (SSSR count). The highest BCUT2D eigenvalue weighted by Crippen LogP contribution is 2.29. The summed E-state index contributed by atoms with van der Waals surface area (Å²) >= 11 is 0. The van der Waals surface area contributed by atoms with E-state index in [-0.39, 0.29) is 22.4 Å². The second-order valence-electron chi connectivity index (χ2n) is 6.87. The molecule has 2 aromatic rings. The first-order valence-electron chi connectivity index (χ1n) is 8.24. The molecule has 1 amide bonds. The van der Waals surface area contributed by atoms with Crippen molar-refractivity contribution in [2.24, 2.45) is 0 Å². The Bertz CT molecular complexity index is 937. The van der Waals surface area contributed by atoms with E-state index in [9.17, 15) is 20.2 Å². The summed E-state index contributed by atoms with van der Waals surface area (Å²) in [6, 6.07) is 15.0. The SMILES string of the molecule is CC(C)(C)c1ccccc1N/C=C(/C#N)C(=O)Nc1cccc([N+](=O)[O-])c1. The summed E-state index contributed by atoms with van der Waals surface area (Å²) in [5, 5.41) is 25.6. The highest BCUT2D eigenvalue weighted by atomic mass is 16.6. The van der Waals surface area contributed by atoms with Gasteiger partial charge in [0.1, 0.15) is 11.6 Å². The van der Waals surface area contributed by atoms with E-state index in [1.165, 1.54) is 30.5 Å². The van der Waals surface area contributed by atoms with Gasteiger partial charge >= 0.3 is 0 Å². The van der Waals surface area contributed by atoms with Gasteiger partial charge in [0.2, 0.25) is 0 Å². The number of nitriles is 1. The number of carbonyl (C=O) groups excluding carboxylic acids is 1. The Balaban J connectivity index is 2.20. The summed E-state index contributed by atoms with van der Waals surface area (Å²) in [5.41, 5.74) is 1.66. The van der Waals surface area contributed by atoms with Crippen LogP contribution in [0.2, 0.25) is 0 Å². The van der Waals surface area contributed by atoms with Crippen LogP contribution in [0.4, 0.5) is 17.1 Å². The quantitative estimate of drug-likeness (QED) is 0.355. The van der Waals surface area contributed by atoms with Crippen LogP contribution in [-0.4, -0.2) is 10.8 Å². The molecule has 7 heteroatoms. The number of nitro benzene ring substituents is 1. The predicted octanol–water partition coefficient (Wildman–Crippen LogP) is 4.35. The third-order valence-corrected chi connectivity index (χ3v) is 3.79. The highest BCUT2D eigenvalue weighted by Gasteiger charge is 2.17. The number of anilines is 2. The average Bonchev–Trinajstić information content (AvgIpc) is 2.62. The average molecular weight is 364 g/mol. The van der Waals surface area contributed by atoms with E-state index in [4.69, 9.17) is 0 Å². The second-order valence-corrected chi connectivity index (χ2v) is 6.87. The smallest absolute Gasteiger partial charge is 0.271 e. The van der Waals surface area contributed by atoms with Gasteiger partial charge in [-0.05, 0) is 23.1 Å². The van der Waals surface area contributed by atoms with Gasteiger partial charge in [0.05, 0.1) is 4.92 Å². The molecule has 2 N–H and O–H groups in total. The van der Waals surface area contributed by atoms with Gasteiger partial charge in [-0.1, -0.05) is 45.0 Å². The standard InChI is InChI=1S/C20H20N4O3/c1-20(2,3)17-9-4-5-10-18(17)22-13-14(12-21)19(25)23-15-7-6-8-16(11-15)24(26)27/h4-11,13,22H,1-3H3,(H,23,25)/b14-13-. The van der Waals surface area contributed by atoms with Crippen molar-refractivity contribution < 1.29 is 9.72 Å². The summed E-state index contributed by atoms with van der Waals surface area (Å²) in [7, 11) is 0. The van der Waals surface area contributed by atoms with Crippen molar-refractivity contribution >= 4 is 23.0 Å². The van der Waals surface area contributed by atoms with E-state index in [2.05, 4.69) is 31.4 Å². The van der Waals surface area contributed by atoms with Gasteiger partial charge in [0.15, 0.2) is 0 Å². The van der Waals surface area contributed by atoms with E-state index in [0.29, 0.717) is 0 Å². The molecule has 138 valence electrons. The zero-order valence-corrected chi connectivity index (χ0v) is 15.3. The molecule has 0 aliphatic carbocycles. The molecule has 0 aliphatic heterocycles. The first kappa shape index (κ1) is 19.7. The van der Waals surface area contributed by atoms with Crippen molar-refractivity contribution in [1.29, 1.82) is 5.26 Å². The maximum atomic E-state index is 12.3. The molecule has 0 aliphatic rings. The highest BCUT2D eigenvalue weighted by molar-refractivity contribution is 6.06. The fourth-order valence-corrected chi connectivity index (χ4v) is 2.46. The molecule has 7 nitrogen and oxygen atoms in total. The summed E-state index contributed by atoms with van der Waals surface area (Å²) < 4.78 is 0. The molecule has 0 spiro atoms. The van der Waals surface area contributed by atoms with Crippen LogP contribution in [-0.2, 0) is 10.2 Å². The van der Waals surface area contributed by atoms with Crippen molar-refractivity contribution in [1.82, 2.24) is 0 Å². The van der Waals surface area contributed by atoms with Crippen LogP contribution >= 0.6 is 0 Å². The van der Waals surface area contributed by atoms with Gasteiger partial charge in [-0.25, -0.2) is 0 Å². The van der Waals surface area contributed by atoms with Crippen LogP contribution in [0.3, 0.4) is 0 Å². The molecule has 0 heterocycles. The lowest BCUT2D eigenvalue weighted by Crippen LogP contribution is -2.16. The Labute approximate surface area is 157 Å². The van der Waals surface area contributed by atoms with Crippen LogP contribution in [0.1, 0.15) is 26.3 Å². The Morgan fingerprint density at radius 1 is 1.19 bits per heavy atom. The number of nitro groups is 1. The lowest BCUT2D eigenvalue weighted by molar-refractivity contribution is -0.384. The summed E-state index contributed by atoms with van der Waals surface area (Å²) in [5.74, 6) is -0.654. The van der Waals surface area contributed by atoms with Gasteiger partial charge in [-0.3, -0.25) is 14.9 Å². The number of carbonyl (C=O) groups is 1. The first-order valence-corrected chi connectivity index (χ1v) is 8.24. The lowest BCUT2D eigenvalue weighted by atomic mass is 9.86. The van der Waals surface area contributed by atoms with Gasteiger partial charge < -0.3 is 10.6 Å². The second kappa shape index (κ2) is 8.15. The summed E-state index contributed by atoms with van der Waals surface area (Å²) in [6.45, 7) is 6.20. The van der Waals surface area contributed by atoms with Crippen LogP contribution in [0.5, 0.6) is 0 Å². The number of nitrogens with one attached hydrogen (secondary N) is 2. The zero-order valence-electron chi connectivity index (χ0n) is 15.3. The van der Waals surface area contributed by atoms with Gasteiger partial charge in [-0.15, -0.1) is 0 Å². The molecule has 0 unspecified atom stereocenters. The van der Waals surface area contributed by atoms with Gasteiger partial charge in [0, 0.05) is 29.7 Å². The van der Waals surface area contributed by atoms with Crippen molar-refractivity contribution in [3.8, 4) is 6.07 Å². The number of para-hydroxylation sites is 1. The third-order valence-electron chi connectivity index (χ3n) is 3.79. The van der Waals surface area contributed by atoms with Crippen molar-refractivity contribution in [3.05, 3.63) is 76.0 Å². The fourth-order valence-electron chi connectivity index (χ4n) is 2.46. The van der Waals surface area contributed by atoms with Crippen molar-refractivity contribution in [2.45, 2.75) is 26.2 Å². The molecule has 0 radical (unpaired) electrons. The largest absolute Gasteiger partial charge is 0.360 e. The van der Waals surface area contributed by atoms with E-state index < -0.39 is 10.8 Å². The zero-order chi connectivity index (χ0) is 20.0. The topological polar surface area (TPSA) is 108 Å². The maximum Gasteiger partial charge on any atom is 0.271 e. The monoisotopic (exact) mass is 364 g/mol. The van der Waals surface area contributed by atoms with Gasteiger partial charge in [0.25, 0.3) is 11.6 Å².